The van der Waals surface area contributed by atoms with Crippen LogP contribution in [0.3, 0.4) is 0 Å². The van der Waals surface area contributed by atoms with Crippen LogP contribution in [0.15, 0.2) is 35.2 Å². The van der Waals surface area contributed by atoms with Crippen LogP contribution >= 0.6 is 0 Å². The molecular weight excluding hydrogens is 212 g/mol. The predicted molar refractivity (Wildman–Crippen MR) is 59.3 cm³/mol. The van der Waals surface area contributed by atoms with E-state index in [0.717, 1.165) is 0 Å². The summed E-state index contributed by atoms with van der Waals surface area (Å²) in [6.45, 7) is 3.25. The number of aliphatic hydroxyl groups is 1. The minimum absolute atomic E-state index is 0.0970. The SMILES string of the molecule is CC(C)C(CO)S(=O)(=O)c1ccccc1. The van der Waals surface area contributed by atoms with Crippen molar-refractivity contribution in [1.29, 1.82) is 0 Å². The molecule has 0 saturated carbocycles. The number of benzene rings is 1. The number of aliphatic hydroxyl groups excluding tert-OH is 1. The molecule has 0 heterocycles. The second-order valence-corrected chi connectivity index (χ2v) is 5.99. The van der Waals surface area contributed by atoms with Gasteiger partial charge in [-0.25, -0.2) is 8.42 Å². The number of sulfone groups is 1. The average Bonchev–Trinajstić information content (AvgIpc) is 2.19. The van der Waals surface area contributed by atoms with Gasteiger partial charge in [0, 0.05) is 0 Å². The molecule has 0 fully saturated rings. The van der Waals surface area contributed by atoms with E-state index in [-0.39, 0.29) is 17.4 Å². The summed E-state index contributed by atoms with van der Waals surface area (Å²) in [4.78, 5) is 0.276. The molecule has 0 spiro atoms. The summed E-state index contributed by atoms with van der Waals surface area (Å²) in [6.07, 6.45) is 0. The van der Waals surface area contributed by atoms with Crippen molar-refractivity contribution in [2.75, 3.05) is 6.61 Å². The molecule has 0 saturated heterocycles. The Morgan fingerprint density at radius 3 is 2.13 bits per heavy atom. The van der Waals surface area contributed by atoms with E-state index in [4.69, 9.17) is 5.11 Å². The summed E-state index contributed by atoms with van der Waals surface area (Å²) >= 11 is 0. The van der Waals surface area contributed by atoms with E-state index in [9.17, 15) is 8.42 Å². The van der Waals surface area contributed by atoms with Gasteiger partial charge in [-0.05, 0) is 18.1 Å². The zero-order chi connectivity index (χ0) is 11.5. The third-order valence-electron chi connectivity index (χ3n) is 2.39. The molecule has 0 aliphatic carbocycles. The standard InChI is InChI=1S/C11H16O3S/c1-9(2)11(8-12)15(13,14)10-6-4-3-5-7-10/h3-7,9,11-12H,8H2,1-2H3. The molecule has 15 heavy (non-hydrogen) atoms. The Labute approximate surface area is 90.7 Å². The molecule has 0 aromatic heterocycles. The third-order valence-corrected chi connectivity index (χ3v) is 4.81. The topological polar surface area (TPSA) is 54.4 Å². The van der Waals surface area contributed by atoms with Crippen LogP contribution in [0, 0.1) is 5.92 Å². The molecule has 1 aromatic carbocycles. The van der Waals surface area contributed by atoms with Gasteiger partial charge >= 0.3 is 0 Å². The summed E-state index contributed by atoms with van der Waals surface area (Å²) in [5.74, 6) is -0.0970. The summed E-state index contributed by atoms with van der Waals surface area (Å²) in [5.41, 5.74) is 0. The van der Waals surface area contributed by atoms with Gasteiger partial charge in [0.05, 0.1) is 16.8 Å². The Morgan fingerprint density at radius 1 is 1.20 bits per heavy atom. The quantitative estimate of drug-likeness (QED) is 0.849. The maximum atomic E-state index is 12.0. The minimum atomic E-state index is -3.40. The summed E-state index contributed by atoms with van der Waals surface area (Å²) in [6, 6.07) is 8.24. The molecule has 4 heteroatoms. The lowest BCUT2D eigenvalue weighted by Gasteiger charge is -2.18. The van der Waals surface area contributed by atoms with E-state index >= 15 is 0 Å². The van der Waals surface area contributed by atoms with Crippen LogP contribution in [0.2, 0.25) is 0 Å². The van der Waals surface area contributed by atoms with Crippen molar-refractivity contribution in [1.82, 2.24) is 0 Å². The summed E-state index contributed by atoms with van der Waals surface area (Å²) in [5, 5.41) is 8.39. The highest BCUT2D eigenvalue weighted by Crippen LogP contribution is 2.20. The molecule has 3 nitrogen and oxygen atoms in total. The first-order chi connectivity index (χ1) is 7.00. The van der Waals surface area contributed by atoms with E-state index in [2.05, 4.69) is 0 Å². The van der Waals surface area contributed by atoms with Crippen LogP contribution in [0.1, 0.15) is 13.8 Å². The molecule has 0 aliphatic heterocycles. The van der Waals surface area contributed by atoms with Gasteiger partial charge in [-0.15, -0.1) is 0 Å². The first kappa shape index (κ1) is 12.2. The normalized spacial score (nSPS) is 14.1. The van der Waals surface area contributed by atoms with Gasteiger partial charge in [-0.2, -0.15) is 0 Å². The first-order valence-electron chi connectivity index (χ1n) is 4.90. The van der Waals surface area contributed by atoms with Crippen LogP contribution in [-0.2, 0) is 9.84 Å². The van der Waals surface area contributed by atoms with Crippen molar-refractivity contribution >= 4 is 9.84 Å². The Morgan fingerprint density at radius 2 is 1.73 bits per heavy atom. The lowest BCUT2D eigenvalue weighted by Crippen LogP contribution is -2.30. The number of hydrogen-bond acceptors (Lipinski definition) is 3. The van der Waals surface area contributed by atoms with Crippen molar-refractivity contribution in [3.05, 3.63) is 30.3 Å². The molecule has 0 bridgehead atoms. The van der Waals surface area contributed by atoms with Gasteiger partial charge in [-0.1, -0.05) is 32.0 Å². The molecule has 1 unspecified atom stereocenters. The number of hydrogen-bond donors (Lipinski definition) is 1. The van der Waals surface area contributed by atoms with E-state index in [1.165, 1.54) is 0 Å². The van der Waals surface area contributed by atoms with Gasteiger partial charge < -0.3 is 5.11 Å². The van der Waals surface area contributed by atoms with Crippen molar-refractivity contribution in [2.24, 2.45) is 5.92 Å². The fourth-order valence-corrected chi connectivity index (χ4v) is 3.25. The molecule has 0 amide bonds. The summed E-state index contributed by atoms with van der Waals surface area (Å²) < 4.78 is 24.1. The Bertz CT molecular complexity index is 395. The third kappa shape index (κ3) is 2.58. The van der Waals surface area contributed by atoms with Crippen molar-refractivity contribution in [2.45, 2.75) is 24.0 Å². The van der Waals surface area contributed by atoms with E-state index in [0.29, 0.717) is 0 Å². The molecule has 1 N–H and O–H groups in total. The maximum Gasteiger partial charge on any atom is 0.183 e. The second-order valence-electron chi connectivity index (χ2n) is 3.82. The summed E-state index contributed by atoms with van der Waals surface area (Å²) in [7, 11) is -3.40. The zero-order valence-electron chi connectivity index (χ0n) is 8.92. The van der Waals surface area contributed by atoms with E-state index in [1.807, 2.05) is 0 Å². The van der Waals surface area contributed by atoms with Crippen LogP contribution in [0.4, 0.5) is 0 Å². The van der Waals surface area contributed by atoms with Crippen LogP contribution < -0.4 is 0 Å². The Hall–Kier alpha value is -0.870. The minimum Gasteiger partial charge on any atom is -0.395 e. The highest BCUT2D eigenvalue weighted by atomic mass is 32.2. The fraction of sp³-hybridized carbons (Fsp3) is 0.455. The van der Waals surface area contributed by atoms with Crippen molar-refractivity contribution in [3.63, 3.8) is 0 Å². The van der Waals surface area contributed by atoms with Crippen molar-refractivity contribution in [3.8, 4) is 0 Å². The number of rotatable bonds is 4. The lowest BCUT2D eigenvalue weighted by atomic mass is 10.1. The molecule has 1 atom stereocenters. The molecule has 0 radical (unpaired) electrons. The molecule has 0 aliphatic rings. The first-order valence-corrected chi connectivity index (χ1v) is 6.44. The molecule has 1 aromatic rings. The average molecular weight is 228 g/mol. The van der Waals surface area contributed by atoms with Crippen LogP contribution in [-0.4, -0.2) is 25.4 Å². The van der Waals surface area contributed by atoms with Crippen molar-refractivity contribution < 1.29 is 13.5 Å². The second kappa shape index (κ2) is 4.77. The van der Waals surface area contributed by atoms with E-state index < -0.39 is 15.1 Å². The van der Waals surface area contributed by atoms with E-state index in [1.54, 1.807) is 44.2 Å². The largest absolute Gasteiger partial charge is 0.395 e. The fourth-order valence-electron chi connectivity index (χ4n) is 1.45. The van der Waals surface area contributed by atoms with Crippen LogP contribution in [0.5, 0.6) is 0 Å². The lowest BCUT2D eigenvalue weighted by molar-refractivity contribution is 0.269. The highest BCUT2D eigenvalue weighted by molar-refractivity contribution is 7.92. The van der Waals surface area contributed by atoms with Gasteiger partial charge in [0.2, 0.25) is 0 Å². The molecule has 1 rings (SSSR count). The molecule has 84 valence electrons. The van der Waals surface area contributed by atoms with Gasteiger partial charge in [0.1, 0.15) is 0 Å². The highest BCUT2D eigenvalue weighted by Gasteiger charge is 2.29. The van der Waals surface area contributed by atoms with Crippen LogP contribution in [0.25, 0.3) is 0 Å². The van der Waals surface area contributed by atoms with Gasteiger partial charge in [-0.3, -0.25) is 0 Å². The monoisotopic (exact) mass is 228 g/mol. The smallest absolute Gasteiger partial charge is 0.183 e. The Kier molecular flexibility index (Phi) is 3.88. The van der Waals surface area contributed by atoms with Gasteiger partial charge in [0.25, 0.3) is 0 Å². The Balaban J connectivity index is 3.13. The van der Waals surface area contributed by atoms with Gasteiger partial charge in [0.15, 0.2) is 9.84 Å². The zero-order valence-corrected chi connectivity index (χ0v) is 9.74. The maximum absolute atomic E-state index is 12.0. The molecular formula is C11H16O3S. The predicted octanol–water partition coefficient (Wildman–Crippen LogP) is 1.48.